The second kappa shape index (κ2) is 58.1. The van der Waals surface area contributed by atoms with Gasteiger partial charge in [0.05, 0.1) is 0 Å². The van der Waals surface area contributed by atoms with Crippen molar-refractivity contribution in [3.8, 4) is 0 Å². The van der Waals surface area contributed by atoms with E-state index in [2.05, 4.69) is 0 Å². The molecule has 0 heterocycles. The van der Waals surface area contributed by atoms with Crippen LogP contribution in [0.15, 0.2) is 0 Å². The van der Waals surface area contributed by atoms with E-state index < -0.39 is 113 Å². The Bertz CT molecular complexity index is 227. The Hall–Kier alpha value is 7.96. The maximum absolute atomic E-state index is 8.61. The number of hydrogen-bond donors (Lipinski definition) is 0. The largest absolute Gasteiger partial charge is 4.00 e. The molecule has 0 N–H and O–H groups in total. The Morgan fingerprint density at radius 1 is 0.360 bits per heavy atom. The standard InChI is InChI=1S/2La.15O.2Pb.Ti.5Zr/q2*+3;;;;;;10*-1;2*+2;+4;;;;;. The molecule has 0 atom stereocenters. The van der Waals surface area contributed by atoms with Crippen LogP contribution in [0.2, 0.25) is 0 Å². The molecule has 15 nitrogen and oxygen atoms in total. The summed E-state index contributed by atoms with van der Waals surface area (Å²) >= 11 is -21.5. The first-order valence-electron chi connectivity index (χ1n) is 3.06. The van der Waals surface area contributed by atoms with Crippen molar-refractivity contribution in [1.82, 2.24) is 0 Å². The van der Waals surface area contributed by atoms with Crippen LogP contribution in [0.5, 0.6) is 0 Å². The van der Waals surface area contributed by atoms with Crippen LogP contribution in [0.25, 0.3) is 0 Å². The van der Waals surface area contributed by atoms with E-state index in [1.807, 2.05) is 0 Å². The fourth-order valence-electron chi connectivity index (χ4n) is 0. The van der Waals surface area contributed by atoms with Gasteiger partial charge < -0.3 is 0 Å². The second-order valence-corrected chi connectivity index (χ2v) is 7.40. The van der Waals surface area contributed by atoms with E-state index in [1.165, 1.54) is 0 Å². The van der Waals surface area contributed by atoms with Gasteiger partial charge in [-0.25, -0.2) is 0 Å². The van der Waals surface area contributed by atoms with Crippen molar-refractivity contribution in [2.45, 2.75) is 0 Å². The van der Waals surface area contributed by atoms with Crippen LogP contribution in [-0.2, 0) is 149 Å². The van der Waals surface area contributed by atoms with Crippen molar-refractivity contribution in [1.29, 1.82) is 0 Å². The van der Waals surface area contributed by atoms with E-state index in [-0.39, 0.29) is 148 Å². The molecular weight excluding hydrogens is 1440 g/mol. The number of rotatable bonds is 0. The van der Waals surface area contributed by atoms with Crippen LogP contribution in [0.3, 0.4) is 0 Å². The summed E-state index contributed by atoms with van der Waals surface area (Å²) in [5, 5.41) is 0. The third kappa shape index (κ3) is 453. The Labute approximate surface area is 298 Å². The summed E-state index contributed by atoms with van der Waals surface area (Å²) in [6, 6.07) is 0. The van der Waals surface area contributed by atoms with Gasteiger partial charge in [-0.3, -0.25) is 0 Å². The zero-order valence-corrected chi connectivity index (χ0v) is 40.2. The van der Waals surface area contributed by atoms with Crippen molar-refractivity contribution in [3.63, 3.8) is 0 Å². The normalized spacial score (nSPS) is 5.20. The third-order valence-corrected chi connectivity index (χ3v) is 0. The average Bonchev–Trinajstić information content (AvgIpc) is 1.94. The van der Waals surface area contributed by atoms with Crippen LogP contribution in [0, 0.1) is 71.2 Å². The van der Waals surface area contributed by atoms with E-state index in [1.54, 1.807) is 0 Å². The summed E-state index contributed by atoms with van der Waals surface area (Å²) in [4.78, 5) is 0. The summed E-state index contributed by atoms with van der Waals surface area (Å²) in [5.74, 6) is 0. The molecule has 0 spiro atoms. The predicted octanol–water partition coefficient (Wildman–Crippen LogP) is -13.3. The zero-order valence-electron chi connectivity index (χ0n) is 11.3. The molecule has 25 heavy (non-hydrogen) atoms. The molecule has 0 aliphatic heterocycles. The van der Waals surface area contributed by atoms with Gasteiger partial charge in [-0.05, 0) is 0 Å². The molecular formula is La2O15Pb2TiZr5+4. The molecule has 4 radical (unpaired) electrons. The maximum atomic E-state index is 8.61. The van der Waals surface area contributed by atoms with Crippen LogP contribution >= 0.6 is 0 Å². The first-order valence-corrected chi connectivity index (χ1v) is 18.1. The predicted molar refractivity (Wildman–Crippen MR) is 14.9 cm³/mol. The molecule has 0 aromatic carbocycles. The van der Waals surface area contributed by atoms with Gasteiger partial charge in [0.1, 0.15) is 0 Å². The van der Waals surface area contributed by atoms with Crippen molar-refractivity contribution >= 4 is 54.6 Å². The molecule has 0 amide bonds. The third-order valence-electron chi connectivity index (χ3n) is 0. The Morgan fingerprint density at radius 3 is 0.360 bits per heavy atom. The van der Waals surface area contributed by atoms with Gasteiger partial charge in [0.15, 0.2) is 0 Å². The molecule has 124 valence electrons. The van der Waals surface area contributed by atoms with E-state index >= 15 is 0 Å². The van der Waals surface area contributed by atoms with Crippen molar-refractivity contribution in [2.24, 2.45) is 0 Å². The summed E-state index contributed by atoms with van der Waals surface area (Å²) in [6.45, 7) is 0. The molecule has 0 aliphatic carbocycles. The van der Waals surface area contributed by atoms with Gasteiger partial charge in [0, 0.05) is 0 Å². The van der Waals surface area contributed by atoms with Gasteiger partial charge in [0.25, 0.3) is 0 Å². The van der Waals surface area contributed by atoms with E-state index in [0.29, 0.717) is 0 Å². The van der Waals surface area contributed by atoms with E-state index in [9.17, 15) is 0 Å². The first kappa shape index (κ1) is 63.9. The van der Waals surface area contributed by atoms with Gasteiger partial charge in [0.2, 0.25) is 0 Å². The zero-order chi connectivity index (χ0) is 17.9. The SMILES string of the molecule is [La+3].[La+3].[O]=[Zr]([O-])[O-].[O]=[Zr]([O-])[O-].[O]=[Zr]([O-])[O-].[O]=[Zr]([O-])[O-].[O]=[Zr]([O-])[O-].[Pb+2].[Pb+2].[Ti+4]. The van der Waals surface area contributed by atoms with Gasteiger partial charge in [-0.15, -0.1) is 0 Å². The first-order chi connectivity index (χ1) is 8.66. The fraction of sp³-hybridized carbons (Fsp3) is 0. The topological polar surface area (TPSA) is 316 Å². The average molecular weight is 1440 g/mol. The van der Waals surface area contributed by atoms with Crippen LogP contribution in [0.4, 0.5) is 0 Å². The van der Waals surface area contributed by atoms with Crippen LogP contribution in [0.1, 0.15) is 0 Å². The van der Waals surface area contributed by atoms with E-state index in [0.717, 1.165) is 0 Å². The molecule has 0 saturated heterocycles. The van der Waals surface area contributed by atoms with Crippen molar-refractivity contribution in [2.75, 3.05) is 0 Å². The summed E-state index contributed by atoms with van der Waals surface area (Å²) in [5.41, 5.74) is 0. The molecule has 0 fully saturated rings. The van der Waals surface area contributed by atoms with Gasteiger partial charge in [-0.2, -0.15) is 0 Å². The Balaban J connectivity index is -0.0000000134. The molecule has 0 unspecified atom stereocenters. The Kier molecular flexibility index (Phi) is 148. The van der Waals surface area contributed by atoms with Crippen molar-refractivity contribution in [3.05, 3.63) is 0 Å². The minimum Gasteiger partial charge on any atom is 2.00 e. The summed E-state index contributed by atoms with van der Waals surface area (Å²) in [6.07, 6.45) is 0. The fourth-order valence-corrected chi connectivity index (χ4v) is 0. The monoisotopic (exact) mass is 1430 g/mol. The Morgan fingerprint density at radius 2 is 0.360 bits per heavy atom. The van der Waals surface area contributed by atoms with E-state index in [4.69, 9.17) is 45.9 Å². The molecule has 0 saturated carbocycles. The molecule has 0 aromatic rings. The molecule has 25 heteroatoms. The van der Waals surface area contributed by atoms with Gasteiger partial charge >= 0.3 is 307 Å². The molecule has 0 aromatic heterocycles. The van der Waals surface area contributed by atoms with Crippen molar-refractivity contribution < 1.29 is 252 Å². The van der Waals surface area contributed by atoms with Crippen LogP contribution in [-0.4, -0.2) is 54.6 Å². The quantitative estimate of drug-likeness (QED) is 0.204. The summed E-state index contributed by atoms with van der Waals surface area (Å²) in [7, 11) is 0. The maximum Gasteiger partial charge on any atom is 4.00 e. The number of hydrogen-bond acceptors (Lipinski definition) is 15. The summed E-state index contributed by atoms with van der Waals surface area (Å²) < 4.78 is 129. The molecule has 0 rings (SSSR count). The van der Waals surface area contributed by atoms with Crippen LogP contribution < -0.4 is 31.8 Å². The minimum absolute atomic E-state index is 0. The van der Waals surface area contributed by atoms with Gasteiger partial charge in [-0.1, -0.05) is 0 Å². The molecule has 0 aliphatic rings. The molecule has 0 bridgehead atoms. The second-order valence-electron chi connectivity index (χ2n) is 1.25. The smallest absolute Gasteiger partial charge is 2.00 e. The minimum atomic E-state index is -4.29.